The van der Waals surface area contributed by atoms with Crippen LogP contribution in [0.2, 0.25) is 5.02 Å². The highest BCUT2D eigenvalue weighted by Gasteiger charge is 2.21. The van der Waals surface area contributed by atoms with Gasteiger partial charge in [0.1, 0.15) is 11.4 Å². The number of rotatable bonds is 6. The van der Waals surface area contributed by atoms with Gasteiger partial charge in [-0.2, -0.15) is 0 Å². The number of nitro benzene ring substituents is 1. The smallest absolute Gasteiger partial charge is 0.294 e. The van der Waals surface area contributed by atoms with Crippen molar-refractivity contribution in [1.82, 2.24) is 4.90 Å². The fourth-order valence-corrected chi connectivity index (χ4v) is 3.28. The van der Waals surface area contributed by atoms with E-state index in [1.807, 2.05) is 29.2 Å². The van der Waals surface area contributed by atoms with Crippen molar-refractivity contribution in [3.8, 4) is 5.75 Å². The van der Waals surface area contributed by atoms with Gasteiger partial charge in [0.05, 0.1) is 18.6 Å². The van der Waals surface area contributed by atoms with Crippen LogP contribution in [0.25, 0.3) is 0 Å². The molecule has 2 aromatic rings. The second-order valence-electron chi connectivity index (χ2n) is 6.43. The van der Waals surface area contributed by atoms with E-state index >= 15 is 0 Å². The summed E-state index contributed by atoms with van der Waals surface area (Å²) in [5.74, 6) is 0.527. The van der Waals surface area contributed by atoms with Gasteiger partial charge < -0.3 is 15.0 Å². The van der Waals surface area contributed by atoms with Gasteiger partial charge in [-0.25, -0.2) is 0 Å². The molecule has 0 atom stereocenters. The normalized spacial score (nSPS) is 14.6. The molecule has 28 heavy (non-hydrogen) atoms. The zero-order valence-electron chi connectivity index (χ0n) is 15.4. The summed E-state index contributed by atoms with van der Waals surface area (Å²) in [5.41, 5.74) is 1.04. The first-order valence-electron chi connectivity index (χ1n) is 8.81. The Balaban J connectivity index is 1.53. The molecule has 3 rings (SSSR count). The summed E-state index contributed by atoms with van der Waals surface area (Å²) in [6.45, 7) is 3.21. The SMILES string of the molecule is COc1ccc(N2CCN(CC(=O)Nc3ccc(Cl)cc3[N+](=O)[O-])CC2)cc1. The molecule has 1 aliphatic rings. The zero-order valence-corrected chi connectivity index (χ0v) is 16.2. The summed E-state index contributed by atoms with van der Waals surface area (Å²) < 4.78 is 5.18. The van der Waals surface area contributed by atoms with Crippen LogP contribution >= 0.6 is 11.6 Å². The van der Waals surface area contributed by atoms with Crippen LogP contribution in [-0.4, -0.2) is 55.6 Å². The number of piperazine rings is 1. The van der Waals surface area contributed by atoms with E-state index in [0.717, 1.165) is 37.6 Å². The Hall–Kier alpha value is -2.84. The fraction of sp³-hybridized carbons (Fsp3) is 0.316. The number of methoxy groups -OCH3 is 1. The van der Waals surface area contributed by atoms with Gasteiger partial charge in [0, 0.05) is 43.0 Å². The van der Waals surface area contributed by atoms with Crippen molar-refractivity contribution < 1.29 is 14.5 Å². The Labute approximate surface area is 167 Å². The number of hydrogen-bond acceptors (Lipinski definition) is 6. The highest BCUT2D eigenvalue weighted by Crippen LogP contribution is 2.27. The number of amides is 1. The van der Waals surface area contributed by atoms with E-state index in [1.165, 1.54) is 18.2 Å². The Kier molecular flexibility index (Phi) is 6.33. The minimum absolute atomic E-state index is 0.149. The van der Waals surface area contributed by atoms with E-state index in [-0.39, 0.29) is 28.8 Å². The summed E-state index contributed by atoms with van der Waals surface area (Å²) in [7, 11) is 1.64. The third-order valence-corrected chi connectivity index (χ3v) is 4.84. The Morgan fingerprint density at radius 3 is 2.46 bits per heavy atom. The molecule has 1 aliphatic heterocycles. The molecule has 148 valence electrons. The summed E-state index contributed by atoms with van der Waals surface area (Å²) in [5, 5.41) is 14.0. The molecule has 9 heteroatoms. The van der Waals surface area contributed by atoms with Crippen molar-refractivity contribution in [2.45, 2.75) is 0 Å². The van der Waals surface area contributed by atoms with E-state index in [1.54, 1.807) is 7.11 Å². The molecular formula is C19H21ClN4O4. The number of nitrogens with one attached hydrogen (secondary N) is 1. The molecule has 0 bridgehead atoms. The van der Waals surface area contributed by atoms with E-state index in [4.69, 9.17) is 16.3 Å². The highest BCUT2D eigenvalue weighted by molar-refractivity contribution is 6.31. The minimum atomic E-state index is -0.560. The van der Waals surface area contributed by atoms with Crippen molar-refractivity contribution in [2.75, 3.05) is 50.1 Å². The number of ether oxygens (including phenoxy) is 1. The third-order valence-electron chi connectivity index (χ3n) is 4.61. The largest absolute Gasteiger partial charge is 0.497 e. The molecular weight excluding hydrogens is 384 g/mol. The van der Waals surface area contributed by atoms with Crippen LogP contribution in [0, 0.1) is 10.1 Å². The van der Waals surface area contributed by atoms with Crippen molar-refractivity contribution in [3.63, 3.8) is 0 Å². The monoisotopic (exact) mass is 404 g/mol. The number of hydrogen-bond donors (Lipinski definition) is 1. The Morgan fingerprint density at radius 2 is 1.86 bits per heavy atom. The van der Waals surface area contributed by atoms with Crippen LogP contribution in [0.5, 0.6) is 5.75 Å². The molecule has 0 unspecified atom stereocenters. The van der Waals surface area contributed by atoms with E-state index in [2.05, 4.69) is 10.2 Å². The molecule has 1 N–H and O–H groups in total. The Bertz CT molecular complexity index is 852. The van der Waals surface area contributed by atoms with Gasteiger partial charge in [-0.3, -0.25) is 19.8 Å². The molecule has 1 heterocycles. The maximum absolute atomic E-state index is 12.3. The van der Waals surface area contributed by atoms with Crippen LogP contribution in [-0.2, 0) is 4.79 Å². The van der Waals surface area contributed by atoms with Gasteiger partial charge in [-0.1, -0.05) is 11.6 Å². The van der Waals surface area contributed by atoms with E-state index in [0.29, 0.717) is 0 Å². The maximum Gasteiger partial charge on any atom is 0.294 e. The molecule has 2 aromatic carbocycles. The molecule has 0 aliphatic carbocycles. The lowest BCUT2D eigenvalue weighted by molar-refractivity contribution is -0.383. The summed E-state index contributed by atoms with van der Waals surface area (Å²) in [6.07, 6.45) is 0. The minimum Gasteiger partial charge on any atom is -0.497 e. The summed E-state index contributed by atoms with van der Waals surface area (Å²) >= 11 is 5.80. The maximum atomic E-state index is 12.3. The van der Waals surface area contributed by atoms with Crippen molar-refractivity contribution in [3.05, 3.63) is 57.6 Å². The lowest BCUT2D eigenvalue weighted by atomic mass is 10.2. The first kappa shape index (κ1) is 19.9. The first-order chi connectivity index (χ1) is 13.5. The first-order valence-corrected chi connectivity index (χ1v) is 9.19. The fourth-order valence-electron chi connectivity index (χ4n) is 3.11. The van der Waals surface area contributed by atoms with Crippen molar-refractivity contribution in [1.29, 1.82) is 0 Å². The molecule has 1 amide bonds. The van der Waals surface area contributed by atoms with Crippen LogP contribution in [0.1, 0.15) is 0 Å². The van der Waals surface area contributed by atoms with Gasteiger partial charge in [0.25, 0.3) is 5.69 Å². The Morgan fingerprint density at radius 1 is 1.18 bits per heavy atom. The van der Waals surface area contributed by atoms with Gasteiger partial charge >= 0.3 is 0 Å². The predicted octanol–water partition coefficient (Wildman–Crippen LogP) is 3.02. The van der Waals surface area contributed by atoms with E-state index < -0.39 is 4.92 Å². The second-order valence-corrected chi connectivity index (χ2v) is 6.86. The number of carbonyl (C=O) groups excluding carboxylic acids is 1. The highest BCUT2D eigenvalue weighted by atomic mass is 35.5. The number of carbonyl (C=O) groups is 1. The van der Waals surface area contributed by atoms with Crippen LogP contribution in [0.3, 0.4) is 0 Å². The number of nitro groups is 1. The van der Waals surface area contributed by atoms with Gasteiger partial charge in [0.2, 0.25) is 5.91 Å². The summed E-state index contributed by atoms with van der Waals surface area (Å²) in [6, 6.07) is 12.1. The topological polar surface area (TPSA) is 88.0 Å². The number of anilines is 2. The average Bonchev–Trinajstić information content (AvgIpc) is 2.70. The molecule has 0 spiro atoms. The van der Waals surface area contributed by atoms with Crippen molar-refractivity contribution >= 4 is 34.6 Å². The molecule has 1 fully saturated rings. The number of benzene rings is 2. The number of halogens is 1. The van der Waals surface area contributed by atoms with Gasteiger partial charge in [-0.05, 0) is 36.4 Å². The molecule has 0 radical (unpaired) electrons. The lowest BCUT2D eigenvalue weighted by Crippen LogP contribution is -2.48. The molecule has 8 nitrogen and oxygen atoms in total. The van der Waals surface area contributed by atoms with E-state index in [9.17, 15) is 14.9 Å². The van der Waals surface area contributed by atoms with Crippen LogP contribution < -0.4 is 15.0 Å². The average molecular weight is 405 g/mol. The van der Waals surface area contributed by atoms with Gasteiger partial charge in [0.15, 0.2) is 0 Å². The van der Waals surface area contributed by atoms with Crippen LogP contribution in [0.15, 0.2) is 42.5 Å². The van der Waals surface area contributed by atoms with Crippen molar-refractivity contribution in [2.24, 2.45) is 0 Å². The standard InChI is InChI=1S/C19H21ClN4O4/c1-28-16-5-3-15(4-6-16)23-10-8-22(9-11-23)13-19(25)21-17-7-2-14(20)12-18(17)24(26)27/h2-7,12H,8-11,13H2,1H3,(H,21,25). The summed E-state index contributed by atoms with van der Waals surface area (Å²) in [4.78, 5) is 27.2. The second kappa shape index (κ2) is 8.90. The zero-order chi connectivity index (χ0) is 20.1. The molecule has 0 saturated carbocycles. The quantitative estimate of drug-likeness (QED) is 0.588. The number of nitrogens with zero attached hydrogens (tertiary/aromatic N) is 3. The van der Waals surface area contributed by atoms with Gasteiger partial charge in [-0.15, -0.1) is 0 Å². The lowest BCUT2D eigenvalue weighted by Gasteiger charge is -2.35. The third kappa shape index (κ3) is 4.90. The molecule has 0 aromatic heterocycles. The predicted molar refractivity (Wildman–Crippen MR) is 108 cm³/mol. The molecule has 1 saturated heterocycles. The van der Waals surface area contributed by atoms with Crippen LogP contribution in [0.4, 0.5) is 17.1 Å².